The summed E-state index contributed by atoms with van der Waals surface area (Å²) in [5, 5.41) is 9.98. The molecule has 0 spiro atoms. The van der Waals surface area contributed by atoms with Crippen LogP contribution in [0.3, 0.4) is 0 Å². The molecule has 96 valence electrons. The molecule has 0 amide bonds. The summed E-state index contributed by atoms with van der Waals surface area (Å²) in [6.07, 6.45) is -0.664. The predicted molar refractivity (Wildman–Crippen MR) is 66.7 cm³/mol. The van der Waals surface area contributed by atoms with Crippen molar-refractivity contribution < 1.29 is 19.5 Å². The summed E-state index contributed by atoms with van der Waals surface area (Å²) in [5.41, 5.74) is -0.653. The van der Waals surface area contributed by atoms with E-state index in [4.69, 9.17) is 0 Å². The monoisotopic (exact) mass is 258 g/mol. The van der Waals surface area contributed by atoms with E-state index in [2.05, 4.69) is 0 Å². The molecule has 0 radical (unpaired) electrons. The molecule has 4 nitrogen and oxygen atoms in total. The van der Waals surface area contributed by atoms with E-state index < -0.39 is 19.4 Å². The van der Waals surface area contributed by atoms with E-state index in [-0.39, 0.29) is 5.92 Å². The molecule has 1 rings (SSSR count). The van der Waals surface area contributed by atoms with Crippen molar-refractivity contribution in [2.45, 2.75) is 32.0 Å². The van der Waals surface area contributed by atoms with E-state index in [1.54, 1.807) is 30.3 Å². The van der Waals surface area contributed by atoms with E-state index >= 15 is 0 Å². The second-order valence-corrected chi connectivity index (χ2v) is 6.38. The Morgan fingerprint density at radius 1 is 1.18 bits per heavy atom. The van der Waals surface area contributed by atoms with Crippen LogP contribution in [0.1, 0.15) is 31.5 Å². The maximum Gasteiger partial charge on any atom is 0.335 e. The highest BCUT2D eigenvalue weighted by atomic mass is 31.2. The molecule has 5 heteroatoms. The van der Waals surface area contributed by atoms with Crippen molar-refractivity contribution in [3.05, 3.63) is 35.9 Å². The van der Waals surface area contributed by atoms with Gasteiger partial charge in [-0.2, -0.15) is 0 Å². The van der Waals surface area contributed by atoms with Gasteiger partial charge in [-0.3, -0.25) is 4.57 Å². The van der Waals surface area contributed by atoms with E-state index in [9.17, 15) is 19.5 Å². The van der Waals surface area contributed by atoms with Gasteiger partial charge < -0.3 is 14.9 Å². The van der Waals surface area contributed by atoms with Crippen molar-refractivity contribution in [3.63, 3.8) is 0 Å². The molecular formula is C12H19O4P. The first-order valence-corrected chi connectivity index (χ1v) is 7.28. The van der Waals surface area contributed by atoms with Gasteiger partial charge >= 0.3 is 7.60 Å². The third kappa shape index (κ3) is 4.25. The minimum absolute atomic E-state index is 0.183. The number of rotatable bonds is 5. The first-order valence-electron chi connectivity index (χ1n) is 5.60. The van der Waals surface area contributed by atoms with E-state index in [1.807, 2.05) is 13.8 Å². The Balaban J connectivity index is 3.02. The average Bonchev–Trinajstić information content (AvgIpc) is 2.15. The van der Waals surface area contributed by atoms with Gasteiger partial charge in [-0.05, 0) is 17.9 Å². The Morgan fingerprint density at radius 3 is 2.12 bits per heavy atom. The molecule has 0 saturated carbocycles. The van der Waals surface area contributed by atoms with Crippen LogP contribution >= 0.6 is 7.60 Å². The Kier molecular flexibility index (Phi) is 4.90. The van der Waals surface area contributed by atoms with Crippen molar-refractivity contribution in [1.29, 1.82) is 0 Å². The zero-order valence-electron chi connectivity index (χ0n) is 10.0. The zero-order valence-corrected chi connectivity index (χ0v) is 10.9. The fourth-order valence-corrected chi connectivity index (χ4v) is 3.03. The molecule has 0 bridgehead atoms. The summed E-state index contributed by atoms with van der Waals surface area (Å²) in [7, 11) is -4.36. The van der Waals surface area contributed by atoms with E-state index in [0.717, 1.165) is 0 Å². The maximum atomic E-state index is 11.5. The summed E-state index contributed by atoms with van der Waals surface area (Å²) in [4.78, 5) is 18.7. The number of aliphatic hydroxyl groups is 1. The van der Waals surface area contributed by atoms with Gasteiger partial charge in [0, 0.05) is 0 Å². The lowest BCUT2D eigenvalue weighted by atomic mass is 9.99. The Labute approximate surface area is 101 Å². The molecule has 3 N–H and O–H groups in total. The lowest BCUT2D eigenvalue weighted by Gasteiger charge is -2.25. The number of benzene rings is 1. The van der Waals surface area contributed by atoms with Gasteiger partial charge in [-0.15, -0.1) is 0 Å². The van der Waals surface area contributed by atoms with Gasteiger partial charge in [0.05, 0.1) is 6.10 Å². The molecule has 0 aromatic heterocycles. The third-order valence-corrected chi connectivity index (χ3v) is 3.95. The van der Waals surface area contributed by atoms with E-state index in [0.29, 0.717) is 12.0 Å². The van der Waals surface area contributed by atoms with Crippen LogP contribution in [0.5, 0.6) is 0 Å². The number of aliphatic hydroxyl groups excluding tert-OH is 1. The molecule has 0 unspecified atom stereocenters. The van der Waals surface area contributed by atoms with E-state index in [1.165, 1.54) is 0 Å². The number of hydrogen-bond donors (Lipinski definition) is 3. The Bertz CT molecular complexity index is 385. The van der Waals surface area contributed by atoms with Crippen LogP contribution in [0.15, 0.2) is 30.3 Å². The molecule has 1 aromatic carbocycles. The topological polar surface area (TPSA) is 77.8 Å². The molecule has 1 aromatic rings. The largest absolute Gasteiger partial charge is 0.392 e. The smallest absolute Gasteiger partial charge is 0.335 e. The second kappa shape index (κ2) is 5.78. The minimum atomic E-state index is -4.36. The zero-order chi connectivity index (χ0) is 13.1. The van der Waals surface area contributed by atoms with Crippen LogP contribution < -0.4 is 0 Å². The molecule has 0 saturated heterocycles. The first-order chi connectivity index (χ1) is 7.82. The molecule has 0 heterocycles. The second-order valence-electron chi connectivity index (χ2n) is 4.64. The summed E-state index contributed by atoms with van der Waals surface area (Å²) < 4.78 is 11.5. The predicted octanol–water partition coefficient (Wildman–Crippen LogP) is 2.31. The van der Waals surface area contributed by atoms with Crippen molar-refractivity contribution in [2.75, 3.05) is 0 Å². The van der Waals surface area contributed by atoms with Crippen LogP contribution in [0.4, 0.5) is 0 Å². The molecule has 2 atom stereocenters. The van der Waals surface area contributed by atoms with Gasteiger partial charge in [0.1, 0.15) is 5.66 Å². The van der Waals surface area contributed by atoms with Crippen LogP contribution in [0, 0.1) is 5.92 Å². The summed E-state index contributed by atoms with van der Waals surface area (Å²) in [6.45, 7) is 3.82. The van der Waals surface area contributed by atoms with Crippen molar-refractivity contribution >= 4 is 7.60 Å². The lowest BCUT2D eigenvalue weighted by molar-refractivity contribution is 0.133. The van der Waals surface area contributed by atoms with Crippen LogP contribution in [0.25, 0.3) is 0 Å². The fourth-order valence-electron chi connectivity index (χ4n) is 1.90. The van der Waals surface area contributed by atoms with Crippen LogP contribution in [-0.4, -0.2) is 21.0 Å². The van der Waals surface area contributed by atoms with Crippen LogP contribution in [-0.2, 0) is 4.57 Å². The van der Waals surface area contributed by atoms with Crippen molar-refractivity contribution in [3.8, 4) is 0 Å². The quantitative estimate of drug-likeness (QED) is 0.708. The Hall–Kier alpha value is -0.670. The highest BCUT2D eigenvalue weighted by Gasteiger charge is 2.36. The Morgan fingerprint density at radius 2 is 1.71 bits per heavy atom. The maximum absolute atomic E-state index is 11.5. The minimum Gasteiger partial charge on any atom is -0.392 e. The molecule has 0 aliphatic carbocycles. The fraction of sp³-hybridized carbons (Fsp3) is 0.500. The average molecular weight is 258 g/mol. The highest BCUT2D eigenvalue weighted by Crippen LogP contribution is 2.54. The van der Waals surface area contributed by atoms with Gasteiger partial charge in [-0.1, -0.05) is 44.2 Å². The van der Waals surface area contributed by atoms with Crippen molar-refractivity contribution in [1.82, 2.24) is 0 Å². The standard InChI is InChI=1S/C12H19O4P/c1-9(2)8-11(13)12(17(14,15)16)10-6-4-3-5-7-10/h3-7,9,11-13H,8H2,1-2H3,(H2,14,15,16)/t11-,12-/m0/s1. The molecule has 0 aliphatic heterocycles. The van der Waals surface area contributed by atoms with Gasteiger partial charge in [0.25, 0.3) is 0 Å². The van der Waals surface area contributed by atoms with Gasteiger partial charge in [0.15, 0.2) is 0 Å². The van der Waals surface area contributed by atoms with Gasteiger partial charge in [-0.25, -0.2) is 0 Å². The molecule has 17 heavy (non-hydrogen) atoms. The molecular weight excluding hydrogens is 239 g/mol. The third-order valence-electron chi connectivity index (χ3n) is 2.58. The number of hydrogen-bond acceptors (Lipinski definition) is 2. The SMILES string of the molecule is CC(C)C[C@H](O)[C@H](c1ccccc1)P(=O)(O)O. The van der Waals surface area contributed by atoms with Crippen LogP contribution in [0.2, 0.25) is 0 Å². The first kappa shape index (κ1) is 14.4. The molecule has 0 fully saturated rings. The lowest BCUT2D eigenvalue weighted by Crippen LogP contribution is -2.20. The summed E-state index contributed by atoms with van der Waals surface area (Å²) in [5.74, 6) is 0.183. The molecule has 0 aliphatic rings. The normalized spacial score (nSPS) is 15.9. The summed E-state index contributed by atoms with van der Waals surface area (Å²) in [6, 6.07) is 8.45. The summed E-state index contributed by atoms with van der Waals surface area (Å²) >= 11 is 0. The van der Waals surface area contributed by atoms with Crippen molar-refractivity contribution in [2.24, 2.45) is 5.92 Å². The highest BCUT2D eigenvalue weighted by molar-refractivity contribution is 7.52. The van der Waals surface area contributed by atoms with Gasteiger partial charge in [0.2, 0.25) is 0 Å².